The molecule has 0 radical (unpaired) electrons. The van der Waals surface area contributed by atoms with Gasteiger partial charge < -0.3 is 10.1 Å². The average Bonchev–Trinajstić information content (AvgIpc) is 2.43. The molecule has 2 rings (SSSR count). The first-order chi connectivity index (χ1) is 9.58. The standard InChI is InChI=1S/C15H13BrClNO2/c1-20-12-5-2-10(3-6-12)8-15(19)18-14-7-4-11(16)9-13(14)17/h2-7,9H,8H2,1H3,(H,18,19). The maximum absolute atomic E-state index is 12.0. The van der Waals surface area contributed by atoms with E-state index in [1.807, 2.05) is 30.3 Å². The summed E-state index contributed by atoms with van der Waals surface area (Å²) in [6.07, 6.45) is 0.288. The topological polar surface area (TPSA) is 38.3 Å². The molecule has 1 N–H and O–H groups in total. The van der Waals surface area contributed by atoms with Gasteiger partial charge in [-0.05, 0) is 35.9 Å². The number of carbonyl (C=O) groups is 1. The lowest BCUT2D eigenvalue weighted by Crippen LogP contribution is -2.14. The summed E-state index contributed by atoms with van der Waals surface area (Å²) < 4.78 is 5.95. The molecule has 0 bridgehead atoms. The largest absolute Gasteiger partial charge is 0.497 e. The predicted octanol–water partition coefficient (Wildman–Crippen LogP) is 4.29. The third-order valence-corrected chi connectivity index (χ3v) is 3.53. The molecule has 0 heterocycles. The number of methoxy groups -OCH3 is 1. The number of halogens is 2. The van der Waals surface area contributed by atoms with Crippen molar-refractivity contribution in [3.05, 3.63) is 57.5 Å². The van der Waals surface area contributed by atoms with Gasteiger partial charge in [-0.3, -0.25) is 4.79 Å². The molecule has 2 aromatic carbocycles. The molecule has 0 aliphatic heterocycles. The van der Waals surface area contributed by atoms with Gasteiger partial charge in [0, 0.05) is 4.47 Å². The molecule has 0 aromatic heterocycles. The van der Waals surface area contributed by atoms with Gasteiger partial charge in [0.05, 0.1) is 24.2 Å². The number of anilines is 1. The van der Waals surface area contributed by atoms with Crippen molar-refractivity contribution in [1.29, 1.82) is 0 Å². The summed E-state index contributed by atoms with van der Waals surface area (Å²) in [5.41, 5.74) is 1.52. The number of rotatable bonds is 4. The SMILES string of the molecule is COc1ccc(CC(=O)Nc2ccc(Br)cc2Cl)cc1. The van der Waals surface area contributed by atoms with Gasteiger partial charge in [-0.25, -0.2) is 0 Å². The molecule has 104 valence electrons. The van der Waals surface area contributed by atoms with Gasteiger partial charge >= 0.3 is 0 Å². The molecule has 20 heavy (non-hydrogen) atoms. The van der Waals surface area contributed by atoms with Gasteiger partial charge in [0.2, 0.25) is 5.91 Å². The zero-order chi connectivity index (χ0) is 14.5. The fourth-order valence-corrected chi connectivity index (χ4v) is 2.43. The van der Waals surface area contributed by atoms with Gasteiger partial charge in [-0.1, -0.05) is 39.7 Å². The van der Waals surface area contributed by atoms with Crippen molar-refractivity contribution < 1.29 is 9.53 Å². The minimum Gasteiger partial charge on any atom is -0.497 e. The summed E-state index contributed by atoms with van der Waals surface area (Å²) in [5.74, 6) is 0.657. The fourth-order valence-electron chi connectivity index (χ4n) is 1.71. The maximum Gasteiger partial charge on any atom is 0.228 e. The Kier molecular flexibility index (Phi) is 5.04. The van der Waals surface area contributed by atoms with Crippen molar-refractivity contribution in [3.63, 3.8) is 0 Å². The van der Waals surface area contributed by atoms with E-state index in [4.69, 9.17) is 16.3 Å². The second-order valence-electron chi connectivity index (χ2n) is 4.20. The van der Waals surface area contributed by atoms with E-state index >= 15 is 0 Å². The molecule has 0 spiro atoms. The molecule has 0 saturated heterocycles. The molecule has 5 heteroatoms. The molecule has 0 unspecified atom stereocenters. The van der Waals surface area contributed by atoms with Gasteiger partial charge in [-0.2, -0.15) is 0 Å². The predicted molar refractivity (Wildman–Crippen MR) is 84.5 cm³/mol. The van der Waals surface area contributed by atoms with Gasteiger partial charge in [-0.15, -0.1) is 0 Å². The average molecular weight is 355 g/mol. The van der Waals surface area contributed by atoms with E-state index in [9.17, 15) is 4.79 Å². The highest BCUT2D eigenvalue weighted by Gasteiger charge is 2.07. The van der Waals surface area contributed by atoms with Crippen molar-refractivity contribution in [2.75, 3.05) is 12.4 Å². The minimum absolute atomic E-state index is 0.112. The number of nitrogens with one attached hydrogen (secondary N) is 1. The molecule has 0 aliphatic rings. The Hall–Kier alpha value is -1.52. The van der Waals surface area contributed by atoms with E-state index < -0.39 is 0 Å². The van der Waals surface area contributed by atoms with Gasteiger partial charge in [0.1, 0.15) is 5.75 Å². The Labute approximate surface area is 131 Å². The zero-order valence-electron chi connectivity index (χ0n) is 10.8. The van der Waals surface area contributed by atoms with Crippen LogP contribution in [0.5, 0.6) is 5.75 Å². The third-order valence-electron chi connectivity index (χ3n) is 2.73. The number of hydrogen-bond acceptors (Lipinski definition) is 2. The number of ether oxygens (including phenoxy) is 1. The van der Waals surface area contributed by atoms with Crippen molar-refractivity contribution in [3.8, 4) is 5.75 Å². The van der Waals surface area contributed by atoms with Gasteiger partial charge in [0.25, 0.3) is 0 Å². The molecular formula is C15H13BrClNO2. The number of benzene rings is 2. The quantitative estimate of drug-likeness (QED) is 0.889. The second kappa shape index (κ2) is 6.77. The van der Waals surface area contributed by atoms with Gasteiger partial charge in [0.15, 0.2) is 0 Å². The van der Waals surface area contributed by atoms with Crippen molar-refractivity contribution in [2.45, 2.75) is 6.42 Å². The normalized spacial score (nSPS) is 10.2. The van der Waals surface area contributed by atoms with E-state index in [1.165, 1.54) is 0 Å². The Morgan fingerprint density at radius 1 is 1.25 bits per heavy atom. The molecular weight excluding hydrogens is 342 g/mol. The Morgan fingerprint density at radius 2 is 1.95 bits per heavy atom. The van der Waals surface area contributed by atoms with Crippen LogP contribution in [0.2, 0.25) is 5.02 Å². The smallest absolute Gasteiger partial charge is 0.228 e. The molecule has 0 atom stereocenters. The Bertz CT molecular complexity index is 614. The van der Waals surface area contributed by atoms with Crippen molar-refractivity contribution in [1.82, 2.24) is 0 Å². The van der Waals surface area contributed by atoms with Crippen LogP contribution in [0.15, 0.2) is 46.9 Å². The van der Waals surface area contributed by atoms with Crippen LogP contribution < -0.4 is 10.1 Å². The highest BCUT2D eigenvalue weighted by atomic mass is 79.9. The molecule has 2 aromatic rings. The second-order valence-corrected chi connectivity index (χ2v) is 5.52. The first-order valence-corrected chi connectivity index (χ1v) is 7.13. The summed E-state index contributed by atoms with van der Waals surface area (Å²) in [5, 5.41) is 3.29. The molecule has 3 nitrogen and oxygen atoms in total. The Morgan fingerprint density at radius 3 is 2.55 bits per heavy atom. The van der Waals surface area contributed by atoms with E-state index in [1.54, 1.807) is 19.2 Å². The van der Waals surface area contributed by atoms with Crippen LogP contribution in [0.3, 0.4) is 0 Å². The lowest BCUT2D eigenvalue weighted by molar-refractivity contribution is -0.115. The van der Waals surface area contributed by atoms with E-state index in [2.05, 4.69) is 21.2 Å². The highest BCUT2D eigenvalue weighted by Crippen LogP contribution is 2.25. The molecule has 1 amide bonds. The summed E-state index contributed by atoms with van der Waals surface area (Å²) in [7, 11) is 1.61. The molecule has 0 saturated carbocycles. The highest BCUT2D eigenvalue weighted by molar-refractivity contribution is 9.10. The minimum atomic E-state index is -0.112. The van der Waals surface area contributed by atoms with Crippen LogP contribution >= 0.6 is 27.5 Å². The van der Waals surface area contributed by atoms with Crippen LogP contribution in [0.25, 0.3) is 0 Å². The summed E-state index contributed by atoms with van der Waals surface area (Å²) in [6.45, 7) is 0. The first kappa shape index (κ1) is 14.9. The number of amides is 1. The van der Waals surface area contributed by atoms with Crippen LogP contribution in [-0.2, 0) is 11.2 Å². The summed E-state index contributed by atoms with van der Waals surface area (Å²) >= 11 is 9.38. The maximum atomic E-state index is 12.0. The zero-order valence-corrected chi connectivity index (χ0v) is 13.2. The van der Waals surface area contributed by atoms with E-state index in [0.717, 1.165) is 15.8 Å². The summed E-state index contributed by atoms with van der Waals surface area (Å²) in [4.78, 5) is 12.0. The molecule has 0 aliphatic carbocycles. The van der Waals surface area contributed by atoms with E-state index in [0.29, 0.717) is 10.7 Å². The fraction of sp³-hybridized carbons (Fsp3) is 0.133. The van der Waals surface area contributed by atoms with Crippen LogP contribution in [0.1, 0.15) is 5.56 Å². The Balaban J connectivity index is 2.01. The number of hydrogen-bond donors (Lipinski definition) is 1. The van der Waals surface area contributed by atoms with E-state index in [-0.39, 0.29) is 12.3 Å². The van der Waals surface area contributed by atoms with Crippen molar-refractivity contribution >= 4 is 39.1 Å². The monoisotopic (exact) mass is 353 g/mol. The van der Waals surface area contributed by atoms with Crippen LogP contribution in [0.4, 0.5) is 5.69 Å². The first-order valence-electron chi connectivity index (χ1n) is 5.96. The molecule has 0 fully saturated rings. The van der Waals surface area contributed by atoms with Crippen molar-refractivity contribution in [2.24, 2.45) is 0 Å². The lowest BCUT2D eigenvalue weighted by atomic mass is 10.1. The third kappa shape index (κ3) is 3.99. The lowest BCUT2D eigenvalue weighted by Gasteiger charge is -2.08. The van der Waals surface area contributed by atoms with Crippen LogP contribution in [0, 0.1) is 0 Å². The summed E-state index contributed by atoms with van der Waals surface area (Å²) in [6, 6.07) is 12.7. The number of carbonyl (C=O) groups excluding carboxylic acids is 1. The van der Waals surface area contributed by atoms with Crippen LogP contribution in [-0.4, -0.2) is 13.0 Å².